The Morgan fingerprint density at radius 3 is 2.48 bits per heavy atom. The fourth-order valence-electron chi connectivity index (χ4n) is 6.64. The van der Waals surface area contributed by atoms with Crippen LogP contribution in [0.3, 0.4) is 0 Å². The summed E-state index contributed by atoms with van der Waals surface area (Å²) in [6, 6.07) is 7.67. The van der Waals surface area contributed by atoms with E-state index in [0.717, 1.165) is 36.0 Å². The van der Waals surface area contributed by atoms with Crippen molar-refractivity contribution in [2.45, 2.75) is 76.5 Å². The van der Waals surface area contributed by atoms with E-state index in [0.29, 0.717) is 18.5 Å². The van der Waals surface area contributed by atoms with Gasteiger partial charge < -0.3 is 20.1 Å². The van der Waals surface area contributed by atoms with Gasteiger partial charge in [-0.3, -0.25) is 14.5 Å². The minimum Gasteiger partial charge on any atom is -0.468 e. The number of carbonyl (C=O) groups excluding carboxylic acids is 2. The lowest BCUT2D eigenvalue weighted by molar-refractivity contribution is -0.153. The van der Waals surface area contributed by atoms with Gasteiger partial charge in [0.25, 0.3) is 5.91 Å². The molecule has 0 radical (unpaired) electrons. The van der Waals surface area contributed by atoms with E-state index in [2.05, 4.69) is 52.3 Å². The molecule has 3 heterocycles. The minimum absolute atomic E-state index is 0.0606. The van der Waals surface area contributed by atoms with Gasteiger partial charge in [0.05, 0.1) is 25.5 Å². The first-order chi connectivity index (χ1) is 18.8. The van der Waals surface area contributed by atoms with Crippen molar-refractivity contribution in [1.82, 2.24) is 14.9 Å². The van der Waals surface area contributed by atoms with Gasteiger partial charge >= 0.3 is 5.97 Å². The fraction of sp³-hybridized carbons (Fsp3) is 0.484. The van der Waals surface area contributed by atoms with Gasteiger partial charge in [-0.05, 0) is 61.8 Å². The number of nitriles is 1. The number of carbonyl (C=O) groups is 2. The van der Waals surface area contributed by atoms with E-state index in [1.54, 1.807) is 0 Å². The Balaban J connectivity index is 1.51. The monoisotopic (exact) mass is 543 g/mol. The Kier molecular flexibility index (Phi) is 6.76. The van der Waals surface area contributed by atoms with E-state index < -0.39 is 22.6 Å². The number of methoxy groups -OCH3 is 1. The third-order valence-electron chi connectivity index (χ3n) is 8.88. The summed E-state index contributed by atoms with van der Waals surface area (Å²) in [5, 5.41) is 24.3. The van der Waals surface area contributed by atoms with E-state index in [9.17, 15) is 14.7 Å². The van der Waals surface area contributed by atoms with E-state index in [-0.39, 0.29) is 29.4 Å². The lowest BCUT2D eigenvalue weighted by atomic mass is 9.70. The number of piperidine rings is 1. The molecule has 2 atom stereocenters. The zero-order valence-electron chi connectivity index (χ0n) is 23.8. The lowest BCUT2D eigenvalue weighted by Crippen LogP contribution is -2.63. The van der Waals surface area contributed by atoms with Gasteiger partial charge in [-0.2, -0.15) is 5.26 Å². The van der Waals surface area contributed by atoms with Crippen molar-refractivity contribution in [3.05, 3.63) is 65.3 Å². The number of hydrogen-bond acceptors (Lipinski definition) is 7. The number of rotatable bonds is 6. The van der Waals surface area contributed by atoms with Crippen LogP contribution in [0.5, 0.6) is 0 Å². The van der Waals surface area contributed by atoms with Gasteiger partial charge in [0.15, 0.2) is 5.82 Å². The first kappa shape index (κ1) is 27.8. The number of benzene rings is 1. The van der Waals surface area contributed by atoms with Crippen LogP contribution in [0.15, 0.2) is 42.6 Å². The number of imidazole rings is 1. The summed E-state index contributed by atoms with van der Waals surface area (Å²) < 4.78 is 4.95. The molecular weight excluding hydrogens is 506 g/mol. The predicted molar refractivity (Wildman–Crippen MR) is 151 cm³/mol. The number of nitrogens with one attached hydrogen (secondary N) is 2. The first-order valence-corrected chi connectivity index (χ1v) is 13.7. The van der Waals surface area contributed by atoms with Crippen LogP contribution in [-0.4, -0.2) is 56.6 Å². The molecule has 210 valence electrons. The summed E-state index contributed by atoms with van der Waals surface area (Å²) in [6.45, 7) is 8.73. The third-order valence-corrected chi connectivity index (χ3v) is 8.88. The summed E-state index contributed by atoms with van der Waals surface area (Å²) in [5.41, 5.74) is 1.58. The average molecular weight is 544 g/mol. The molecule has 1 aliphatic carbocycles. The highest BCUT2D eigenvalue weighted by molar-refractivity contribution is 6.03. The van der Waals surface area contributed by atoms with Crippen molar-refractivity contribution in [3.8, 4) is 6.07 Å². The molecule has 1 saturated heterocycles. The van der Waals surface area contributed by atoms with Gasteiger partial charge in [-0.1, -0.05) is 38.1 Å². The number of H-pyrrole nitrogens is 1. The number of amides is 1. The zero-order chi connectivity index (χ0) is 28.9. The first-order valence-electron chi connectivity index (χ1n) is 13.7. The molecule has 1 amide bonds. The molecule has 3 N–H and O–H groups in total. The minimum atomic E-state index is -1.16. The number of aliphatic hydroxyl groups is 1. The second-order valence-electron chi connectivity index (χ2n) is 12.7. The van der Waals surface area contributed by atoms with E-state index in [4.69, 9.17) is 10.00 Å². The van der Waals surface area contributed by atoms with Crippen molar-refractivity contribution in [2.75, 3.05) is 19.0 Å². The Morgan fingerprint density at radius 2 is 1.90 bits per heavy atom. The normalized spacial score (nSPS) is 29.0. The second-order valence-corrected chi connectivity index (χ2v) is 12.7. The largest absolute Gasteiger partial charge is 0.468 e. The maximum Gasteiger partial charge on any atom is 0.319 e. The molecule has 1 aromatic carbocycles. The summed E-state index contributed by atoms with van der Waals surface area (Å²) in [4.78, 5) is 34.1. The number of aromatic amines is 1. The van der Waals surface area contributed by atoms with Crippen LogP contribution in [-0.2, 0) is 15.1 Å². The molecule has 2 bridgehead atoms. The van der Waals surface area contributed by atoms with E-state index in [1.165, 1.54) is 13.3 Å². The predicted octanol–water partition coefficient (Wildman–Crippen LogP) is 4.67. The maximum absolute atomic E-state index is 13.0. The molecule has 5 rings (SSSR count). The Labute approximate surface area is 234 Å². The van der Waals surface area contributed by atoms with Crippen LogP contribution in [0.25, 0.3) is 5.57 Å². The molecule has 40 heavy (non-hydrogen) atoms. The summed E-state index contributed by atoms with van der Waals surface area (Å²) in [7, 11) is 1.39. The Bertz CT molecular complexity index is 1440. The molecule has 0 spiro atoms. The standard InChI is InChI=1S/C31H37N5O4/c1-28(2)10-8-20(9-11-28)23-14-21(6-7-24(23)35-27(38)26-33-16-22(15-32)34-26)31(39)18-29(3)12-13-30(4,19-31)36(29)17-25(37)40-5/h6-8,12-14,16,39H,9-11,17-19H2,1-5H3,(H,33,34)(H,35,38)/t29-,30-/m0/s1. The number of aromatic nitrogens is 2. The Hall–Kier alpha value is -3.74. The average Bonchev–Trinajstić information content (AvgIpc) is 3.45. The van der Waals surface area contributed by atoms with Crippen molar-refractivity contribution >= 4 is 23.1 Å². The van der Waals surface area contributed by atoms with Crippen molar-refractivity contribution < 1.29 is 19.4 Å². The molecule has 3 aliphatic rings. The van der Waals surface area contributed by atoms with E-state index in [1.807, 2.05) is 38.1 Å². The second kappa shape index (κ2) is 9.72. The Morgan fingerprint density at radius 1 is 1.20 bits per heavy atom. The molecular formula is C31H37N5O4. The highest BCUT2D eigenvalue weighted by Gasteiger charge is 2.58. The van der Waals surface area contributed by atoms with Crippen molar-refractivity contribution in [2.24, 2.45) is 5.41 Å². The summed E-state index contributed by atoms with van der Waals surface area (Å²) in [5.74, 6) is -0.686. The van der Waals surface area contributed by atoms with Crippen molar-refractivity contribution in [3.63, 3.8) is 0 Å². The topological polar surface area (TPSA) is 131 Å². The number of esters is 1. The van der Waals surface area contributed by atoms with Gasteiger partial charge in [0, 0.05) is 35.2 Å². The van der Waals surface area contributed by atoms with Crippen LogP contribution >= 0.6 is 0 Å². The van der Waals surface area contributed by atoms with Crippen LogP contribution in [0.1, 0.15) is 87.2 Å². The smallest absolute Gasteiger partial charge is 0.319 e. The van der Waals surface area contributed by atoms with E-state index >= 15 is 0 Å². The third kappa shape index (κ3) is 4.98. The number of hydrogen-bond donors (Lipinski definition) is 3. The highest BCUT2D eigenvalue weighted by atomic mass is 16.5. The maximum atomic E-state index is 13.0. The molecule has 1 fully saturated rings. The number of nitrogens with zero attached hydrogens (tertiary/aromatic N) is 3. The zero-order valence-corrected chi connectivity index (χ0v) is 23.8. The van der Waals surface area contributed by atoms with Crippen LogP contribution in [0, 0.1) is 16.7 Å². The number of anilines is 1. The fourth-order valence-corrected chi connectivity index (χ4v) is 6.64. The molecule has 2 aliphatic heterocycles. The molecule has 1 aromatic heterocycles. The van der Waals surface area contributed by atoms with Gasteiger partial charge in [0.1, 0.15) is 11.8 Å². The summed E-state index contributed by atoms with van der Waals surface area (Å²) in [6.07, 6.45) is 11.3. The number of allylic oxidation sites excluding steroid dienone is 2. The molecule has 0 saturated carbocycles. The summed E-state index contributed by atoms with van der Waals surface area (Å²) >= 11 is 0. The van der Waals surface area contributed by atoms with Gasteiger partial charge in [-0.25, -0.2) is 4.98 Å². The van der Waals surface area contributed by atoms with Gasteiger partial charge in [0.2, 0.25) is 0 Å². The van der Waals surface area contributed by atoms with Crippen LogP contribution in [0.4, 0.5) is 5.69 Å². The number of ether oxygens (including phenoxy) is 1. The molecule has 0 unspecified atom stereocenters. The molecule has 9 nitrogen and oxygen atoms in total. The molecule has 2 aromatic rings. The van der Waals surface area contributed by atoms with Crippen LogP contribution in [0.2, 0.25) is 0 Å². The number of fused-ring (bicyclic) bond motifs is 2. The highest BCUT2D eigenvalue weighted by Crippen LogP contribution is 2.53. The SMILES string of the molecule is COC(=O)CN1[C@@]2(C)C=C[C@@]1(C)CC(O)(c1ccc(NC(=O)c3ncc(C#N)[nH]3)c(C3=CCC(C)(C)CC3)c1)C2. The molecule has 9 heteroatoms. The lowest BCUT2D eigenvalue weighted by Gasteiger charge is -2.54. The van der Waals surface area contributed by atoms with Crippen molar-refractivity contribution in [1.29, 1.82) is 5.26 Å². The quantitative estimate of drug-likeness (QED) is 0.356. The van der Waals surface area contributed by atoms with Crippen LogP contribution < -0.4 is 5.32 Å². The van der Waals surface area contributed by atoms with Gasteiger partial charge in [-0.15, -0.1) is 0 Å².